The van der Waals surface area contributed by atoms with Crippen LogP contribution >= 0.6 is 11.6 Å². The van der Waals surface area contributed by atoms with Gasteiger partial charge in [-0.15, -0.1) is 0 Å². The van der Waals surface area contributed by atoms with Gasteiger partial charge in [0.15, 0.2) is 9.84 Å². The second kappa shape index (κ2) is 23.0. The van der Waals surface area contributed by atoms with Crippen LogP contribution in [0.3, 0.4) is 0 Å². The predicted octanol–water partition coefficient (Wildman–Crippen LogP) is 8.26. The zero-order chi connectivity index (χ0) is 50.6. The van der Waals surface area contributed by atoms with Gasteiger partial charge < -0.3 is 24.5 Å². The molecule has 0 bridgehead atoms. The van der Waals surface area contributed by atoms with Gasteiger partial charge in [0.1, 0.15) is 0 Å². The Morgan fingerprint density at radius 1 is 0.746 bits per heavy atom. The first-order valence-electron chi connectivity index (χ1n) is 27.1. The summed E-state index contributed by atoms with van der Waals surface area (Å²) in [5.41, 5.74) is 2.10. The summed E-state index contributed by atoms with van der Waals surface area (Å²) in [5, 5.41) is 2.51. The molecule has 6 aliphatic heterocycles. The van der Waals surface area contributed by atoms with Crippen molar-refractivity contribution < 1.29 is 32.4 Å². The number of imide groups is 1. The monoisotopic (exact) mass is 1020 g/mol. The first kappa shape index (κ1) is 53.3. The third-order valence-electron chi connectivity index (χ3n) is 17.6. The maximum Gasteiger partial charge on any atom is 0.234 e. The van der Waals surface area contributed by atoms with E-state index in [2.05, 4.69) is 32.1 Å². The molecular weight excluding hydrogens is 936 g/mol. The summed E-state index contributed by atoms with van der Waals surface area (Å²) in [5.74, 6) is 1.09. The number of benzene rings is 2. The predicted molar refractivity (Wildman–Crippen MR) is 279 cm³/mol. The van der Waals surface area contributed by atoms with E-state index in [0.717, 1.165) is 56.1 Å². The molecule has 4 atom stereocenters. The van der Waals surface area contributed by atoms with E-state index in [4.69, 9.17) is 11.6 Å². The Morgan fingerprint density at radius 3 is 1.99 bits per heavy atom. The summed E-state index contributed by atoms with van der Waals surface area (Å²) in [4.78, 5) is 77.8. The van der Waals surface area contributed by atoms with Crippen LogP contribution in [0.25, 0.3) is 0 Å². The summed E-state index contributed by atoms with van der Waals surface area (Å²) in [7, 11) is -3.49. The maximum absolute atomic E-state index is 14.8. The van der Waals surface area contributed by atoms with Crippen molar-refractivity contribution in [3.8, 4) is 0 Å². The van der Waals surface area contributed by atoms with E-state index in [1.165, 1.54) is 57.4 Å². The fraction of sp³-hybridized carbons (Fsp3) is 0.696. The highest BCUT2D eigenvalue weighted by Gasteiger charge is 2.50. The third-order valence-corrected chi connectivity index (χ3v) is 20.1. The molecule has 1 unspecified atom stereocenters. The van der Waals surface area contributed by atoms with Gasteiger partial charge in [0.05, 0.1) is 28.4 Å². The molecule has 0 aromatic heterocycles. The number of amides is 5. The molecule has 0 saturated carbocycles. The van der Waals surface area contributed by atoms with Gasteiger partial charge in [0.25, 0.3) is 0 Å². The Kier molecular flexibility index (Phi) is 17.3. The van der Waals surface area contributed by atoms with Crippen LogP contribution in [0.4, 0.5) is 5.69 Å². The SMILES string of the molecule is CC(C)[C@@H](CS(=O)(=O)C(C)C)N1C(=O)[C@@](C)(CC(=O)N2CCC(C(=O)N3CCC(CC4CCN(CC5CCN(c6cccc(C7CCC(=O)NC7=O)c6)CC5)CC4)CC3)CC2)CC[C@H]1c1ccc(Cl)cc1. The van der Waals surface area contributed by atoms with Crippen LogP contribution in [0.1, 0.15) is 148 Å². The molecule has 8 rings (SSSR count). The molecule has 2 aromatic rings. The van der Waals surface area contributed by atoms with Gasteiger partial charge in [-0.25, -0.2) is 8.42 Å². The number of likely N-dealkylation sites (tertiary alicyclic amines) is 4. The van der Waals surface area contributed by atoms with Crippen molar-refractivity contribution in [2.24, 2.45) is 35.0 Å². The number of nitrogens with one attached hydrogen (secondary N) is 1. The summed E-state index contributed by atoms with van der Waals surface area (Å²) >= 11 is 6.25. The molecule has 0 aliphatic carbocycles. The number of carbonyl (C=O) groups is 5. The molecule has 2 aromatic carbocycles. The van der Waals surface area contributed by atoms with E-state index in [0.29, 0.717) is 68.5 Å². The number of hydrogen-bond donors (Lipinski definition) is 1. The summed E-state index contributed by atoms with van der Waals surface area (Å²) < 4.78 is 26.7. The summed E-state index contributed by atoms with van der Waals surface area (Å²) in [6.45, 7) is 17.3. The molecule has 13 nitrogen and oxygen atoms in total. The standard InChI is InChI=1S/C56H81ClN6O7S/c1-38(2)50(37-71(69,70)39(3)4)63-49(43-9-11-46(57)12-10-43)15-24-56(5,55(63)68)35-52(65)61-31-22-44(23-32-61)54(67)62-29-18-41(19-30-62)33-40-16-25-59(26-17-40)36-42-20-27-60(28-21-42)47-8-6-7-45(34-47)48-13-14-51(64)58-53(48)66/h6-12,34,38-42,44,48-50H,13-33,35-37H2,1-5H3,(H,58,64,66)/t48?,49-,50+,56+/m0/s1. The van der Waals surface area contributed by atoms with Crippen molar-refractivity contribution in [3.05, 3.63) is 64.7 Å². The Bertz CT molecular complexity index is 2310. The smallest absolute Gasteiger partial charge is 0.234 e. The van der Waals surface area contributed by atoms with Crippen molar-refractivity contribution in [3.63, 3.8) is 0 Å². The van der Waals surface area contributed by atoms with Gasteiger partial charge in [0.2, 0.25) is 29.5 Å². The first-order chi connectivity index (χ1) is 33.9. The number of rotatable bonds is 15. The van der Waals surface area contributed by atoms with E-state index in [9.17, 15) is 32.4 Å². The summed E-state index contributed by atoms with van der Waals surface area (Å²) in [6, 6.07) is 14.9. The van der Waals surface area contributed by atoms with Gasteiger partial charge in [-0.1, -0.05) is 56.6 Å². The van der Waals surface area contributed by atoms with Crippen LogP contribution in [-0.4, -0.2) is 134 Å². The fourth-order valence-corrected chi connectivity index (χ4v) is 14.3. The molecule has 0 radical (unpaired) electrons. The highest BCUT2D eigenvalue weighted by atomic mass is 35.5. The number of halogens is 1. The first-order valence-corrected chi connectivity index (χ1v) is 29.2. The molecule has 5 amide bonds. The Morgan fingerprint density at radius 2 is 1.37 bits per heavy atom. The number of carbonyl (C=O) groups excluding carboxylic acids is 5. The van der Waals surface area contributed by atoms with Crippen molar-refractivity contribution in [1.29, 1.82) is 0 Å². The Balaban J connectivity index is 0.747. The number of piperidine rings is 6. The fourth-order valence-electron chi connectivity index (χ4n) is 12.8. The molecule has 6 heterocycles. The van der Waals surface area contributed by atoms with Gasteiger partial charge in [0, 0.05) is 81.3 Å². The number of nitrogens with zero attached hydrogens (tertiary/aromatic N) is 5. The molecule has 0 spiro atoms. The van der Waals surface area contributed by atoms with Crippen molar-refractivity contribution in [2.45, 2.75) is 148 Å². The lowest BCUT2D eigenvalue weighted by Gasteiger charge is -2.49. The van der Waals surface area contributed by atoms with Crippen LogP contribution < -0.4 is 10.2 Å². The quantitative estimate of drug-likeness (QED) is 0.174. The minimum Gasteiger partial charge on any atom is -0.372 e. The zero-order valence-corrected chi connectivity index (χ0v) is 44.7. The van der Waals surface area contributed by atoms with Crippen LogP contribution in [0.2, 0.25) is 5.02 Å². The largest absolute Gasteiger partial charge is 0.372 e. The molecular formula is C56H81ClN6O7S. The Labute approximate surface area is 429 Å². The normalized spacial score (nSPS) is 25.8. The van der Waals surface area contributed by atoms with Crippen molar-refractivity contribution in [1.82, 2.24) is 24.9 Å². The second-order valence-electron chi connectivity index (χ2n) is 23.2. The van der Waals surface area contributed by atoms with Crippen LogP contribution in [0.15, 0.2) is 48.5 Å². The number of anilines is 1. The minimum atomic E-state index is -3.49. The van der Waals surface area contributed by atoms with Crippen LogP contribution in [0, 0.1) is 35.0 Å². The molecule has 1 N–H and O–H groups in total. The van der Waals surface area contributed by atoms with Gasteiger partial charge in [-0.2, -0.15) is 0 Å². The molecule has 6 aliphatic rings. The van der Waals surface area contributed by atoms with E-state index < -0.39 is 26.5 Å². The van der Waals surface area contributed by atoms with E-state index in [1.807, 2.05) is 49.9 Å². The Hall–Kier alpha value is -4.01. The lowest BCUT2D eigenvalue weighted by Crippen LogP contribution is -2.57. The number of hydrogen-bond acceptors (Lipinski definition) is 9. The van der Waals surface area contributed by atoms with Crippen molar-refractivity contribution >= 4 is 56.7 Å². The van der Waals surface area contributed by atoms with Crippen LogP contribution in [-0.2, 0) is 33.8 Å². The topological polar surface area (TPSA) is 148 Å². The van der Waals surface area contributed by atoms with E-state index in [1.54, 1.807) is 30.9 Å². The highest BCUT2D eigenvalue weighted by Crippen LogP contribution is 2.46. The van der Waals surface area contributed by atoms with Gasteiger partial charge in [-0.05, 0) is 163 Å². The molecule has 6 fully saturated rings. The lowest BCUT2D eigenvalue weighted by atomic mass is 9.73. The maximum atomic E-state index is 14.8. The molecule has 390 valence electrons. The second-order valence-corrected chi connectivity index (χ2v) is 26.2. The number of sulfone groups is 1. The third kappa shape index (κ3) is 12.9. The van der Waals surface area contributed by atoms with Gasteiger partial charge in [-0.3, -0.25) is 29.3 Å². The average molecular weight is 1020 g/mol. The van der Waals surface area contributed by atoms with E-state index >= 15 is 0 Å². The highest BCUT2D eigenvalue weighted by molar-refractivity contribution is 7.92. The lowest BCUT2D eigenvalue weighted by molar-refractivity contribution is -0.158. The molecule has 15 heteroatoms. The summed E-state index contributed by atoms with van der Waals surface area (Å²) in [6.07, 6.45) is 11.6. The molecule has 71 heavy (non-hydrogen) atoms. The molecule has 6 saturated heterocycles. The van der Waals surface area contributed by atoms with Crippen LogP contribution in [0.5, 0.6) is 0 Å². The zero-order valence-electron chi connectivity index (χ0n) is 43.2. The van der Waals surface area contributed by atoms with E-state index in [-0.39, 0.29) is 65.5 Å². The minimum absolute atomic E-state index is 0.0515. The average Bonchev–Trinajstić information content (AvgIpc) is 3.35. The van der Waals surface area contributed by atoms with Gasteiger partial charge >= 0.3 is 0 Å². The van der Waals surface area contributed by atoms with Crippen molar-refractivity contribution in [2.75, 3.05) is 69.6 Å².